The third kappa shape index (κ3) is 7.39. The molecule has 0 saturated heterocycles. The normalized spacial score (nSPS) is 35.9. The van der Waals surface area contributed by atoms with Crippen molar-refractivity contribution in [2.45, 2.75) is 73.2 Å². The van der Waals surface area contributed by atoms with Gasteiger partial charge in [0.15, 0.2) is 5.78 Å². The van der Waals surface area contributed by atoms with Crippen molar-refractivity contribution < 1.29 is 34.1 Å². The average molecular weight is 529 g/mol. The van der Waals surface area contributed by atoms with E-state index in [2.05, 4.69) is 5.32 Å². The largest absolute Gasteiger partial charge is 0.441 e. The van der Waals surface area contributed by atoms with Gasteiger partial charge in [-0.3, -0.25) is 14.4 Å². The Morgan fingerprint density at radius 3 is 2.26 bits per heavy atom. The van der Waals surface area contributed by atoms with Crippen LogP contribution in [0.3, 0.4) is 0 Å². The van der Waals surface area contributed by atoms with Gasteiger partial charge in [-0.2, -0.15) is 0 Å². The van der Waals surface area contributed by atoms with Gasteiger partial charge in [0.2, 0.25) is 5.78 Å². The monoisotopic (exact) mass is 528 g/mol. The van der Waals surface area contributed by atoms with Gasteiger partial charge in [0, 0.05) is 34.6 Å². The van der Waals surface area contributed by atoms with Gasteiger partial charge in [0.25, 0.3) is 5.91 Å². The molecule has 1 heterocycles. The molecule has 0 saturated carbocycles. The number of nitrogens with one attached hydrogen (secondary N) is 1. The van der Waals surface area contributed by atoms with Crippen LogP contribution in [-0.2, 0) is 19.1 Å². The number of ketones is 2. The second-order valence-electron chi connectivity index (χ2n) is 10.6. The van der Waals surface area contributed by atoms with Crippen LogP contribution in [-0.4, -0.2) is 52.1 Å². The van der Waals surface area contributed by atoms with Crippen LogP contribution in [0.25, 0.3) is 0 Å². The molecule has 2 rings (SSSR count). The molecule has 2 amide bonds. The first-order valence-electron chi connectivity index (χ1n) is 12.8. The first kappa shape index (κ1) is 30.9. The van der Waals surface area contributed by atoms with E-state index >= 15 is 0 Å². The molecule has 5 N–H and O–H groups in total. The van der Waals surface area contributed by atoms with Crippen LogP contribution in [0.1, 0.15) is 54.9 Å². The summed E-state index contributed by atoms with van der Waals surface area (Å²) in [6, 6.07) is 0. The highest BCUT2D eigenvalue weighted by Crippen LogP contribution is 2.31. The third-order valence-corrected chi connectivity index (χ3v) is 7.30. The Morgan fingerprint density at radius 2 is 1.66 bits per heavy atom. The predicted octanol–water partition coefficient (Wildman–Crippen LogP) is 3.04. The van der Waals surface area contributed by atoms with Gasteiger partial charge in [-0.15, -0.1) is 0 Å². The summed E-state index contributed by atoms with van der Waals surface area (Å²) in [5.41, 5.74) is 6.15. The van der Waals surface area contributed by atoms with Crippen molar-refractivity contribution in [3.8, 4) is 0 Å². The molecule has 9 heteroatoms. The van der Waals surface area contributed by atoms with E-state index in [0.717, 1.165) is 6.08 Å². The number of nitrogens with two attached hydrogens (primary N) is 1. The molecule has 0 radical (unpaired) electrons. The fourth-order valence-electron chi connectivity index (χ4n) is 4.98. The third-order valence-electron chi connectivity index (χ3n) is 7.30. The van der Waals surface area contributed by atoms with Crippen molar-refractivity contribution in [1.82, 2.24) is 5.32 Å². The second kappa shape index (κ2) is 13.0. The van der Waals surface area contributed by atoms with Crippen molar-refractivity contribution >= 4 is 23.6 Å². The molecule has 2 bridgehead atoms. The highest BCUT2D eigenvalue weighted by Gasteiger charge is 2.35. The van der Waals surface area contributed by atoms with Crippen molar-refractivity contribution in [2.24, 2.45) is 29.4 Å². The molecular weight excluding hydrogens is 488 g/mol. The quantitative estimate of drug-likeness (QED) is 0.301. The molecule has 38 heavy (non-hydrogen) atoms. The zero-order valence-corrected chi connectivity index (χ0v) is 23.1. The zero-order valence-electron chi connectivity index (χ0n) is 23.1. The van der Waals surface area contributed by atoms with E-state index in [-0.39, 0.29) is 40.2 Å². The van der Waals surface area contributed by atoms with Crippen LogP contribution in [0.15, 0.2) is 58.4 Å². The minimum Gasteiger partial charge on any atom is -0.441 e. The van der Waals surface area contributed by atoms with Crippen LogP contribution in [0.4, 0.5) is 4.79 Å². The Kier molecular flexibility index (Phi) is 10.6. The highest BCUT2D eigenvalue weighted by molar-refractivity contribution is 6.24. The first-order valence-corrected chi connectivity index (χ1v) is 12.8. The Hall–Kier alpha value is -3.30. The number of rotatable bonds is 1. The van der Waals surface area contributed by atoms with E-state index in [9.17, 15) is 29.4 Å². The molecule has 0 spiro atoms. The number of primary amides is 1. The molecular formula is C29H40N2O7. The number of aliphatic hydroxyl groups is 2. The Morgan fingerprint density at radius 1 is 1.03 bits per heavy atom. The van der Waals surface area contributed by atoms with Crippen molar-refractivity contribution in [3.63, 3.8) is 0 Å². The van der Waals surface area contributed by atoms with Gasteiger partial charge in [-0.1, -0.05) is 52.0 Å². The van der Waals surface area contributed by atoms with E-state index in [4.69, 9.17) is 10.5 Å². The molecule has 1 unspecified atom stereocenters. The van der Waals surface area contributed by atoms with Crippen LogP contribution >= 0.6 is 0 Å². The number of fused-ring (bicyclic) bond motifs is 2. The Labute approximate surface area is 224 Å². The minimum absolute atomic E-state index is 0.0505. The molecule has 9 nitrogen and oxygen atoms in total. The number of amides is 2. The summed E-state index contributed by atoms with van der Waals surface area (Å²) in [6.07, 6.45) is 4.45. The number of hydrogen-bond donors (Lipinski definition) is 4. The lowest BCUT2D eigenvalue weighted by Gasteiger charge is -2.30. The summed E-state index contributed by atoms with van der Waals surface area (Å²) >= 11 is 0. The molecule has 2 aliphatic rings. The molecule has 0 aromatic carbocycles. The molecule has 0 aromatic rings. The van der Waals surface area contributed by atoms with Gasteiger partial charge in [-0.05, 0) is 44.6 Å². The number of ether oxygens (including phenoxy) is 1. The maximum absolute atomic E-state index is 13.2. The SMILES string of the molecule is CC1=C2C(=O)C(=CC1=O)NC(=O)/C(C)=C/C=C\[C@H](C)[C@@H](OC(N)=O)/C(C)=C/[C@H](C)[C@@H](O)[C@@H](C)C[C@H](C)C2O. The number of Topliss-reactive ketones (excluding diaryl/α,β-unsaturated/α-hetero) is 1. The lowest BCUT2D eigenvalue weighted by molar-refractivity contribution is -0.120. The molecule has 1 aliphatic carbocycles. The summed E-state index contributed by atoms with van der Waals surface area (Å²) < 4.78 is 5.36. The van der Waals surface area contributed by atoms with E-state index in [1.165, 1.54) is 13.0 Å². The van der Waals surface area contributed by atoms with E-state index in [0.29, 0.717) is 12.0 Å². The average Bonchev–Trinajstić information content (AvgIpc) is 2.84. The smallest absolute Gasteiger partial charge is 0.405 e. The highest BCUT2D eigenvalue weighted by atomic mass is 16.6. The predicted molar refractivity (Wildman–Crippen MR) is 143 cm³/mol. The van der Waals surface area contributed by atoms with Gasteiger partial charge in [0.1, 0.15) is 6.10 Å². The molecule has 1 aliphatic heterocycles. The molecule has 0 aromatic heterocycles. The summed E-state index contributed by atoms with van der Waals surface area (Å²) in [5.74, 6) is -3.08. The van der Waals surface area contributed by atoms with Gasteiger partial charge in [0.05, 0.1) is 17.9 Å². The van der Waals surface area contributed by atoms with E-state index in [1.54, 1.807) is 32.9 Å². The second-order valence-corrected chi connectivity index (χ2v) is 10.6. The zero-order chi connectivity index (χ0) is 28.9. The van der Waals surface area contributed by atoms with Gasteiger partial charge < -0.3 is 26.0 Å². The van der Waals surface area contributed by atoms with E-state index < -0.39 is 47.8 Å². The summed E-state index contributed by atoms with van der Waals surface area (Å²) in [4.78, 5) is 50.2. The minimum atomic E-state index is -1.27. The summed E-state index contributed by atoms with van der Waals surface area (Å²) in [7, 11) is 0. The summed E-state index contributed by atoms with van der Waals surface area (Å²) in [5, 5.41) is 24.6. The van der Waals surface area contributed by atoms with Crippen molar-refractivity contribution in [3.05, 3.63) is 58.4 Å². The Balaban J connectivity index is 2.56. The standard InChI is InChI=1S/C29H40N2O7/c1-14-9-8-10-15(2)28(36)31-21-13-22(32)20(7)23(26(21)35)25(34)18(5)11-16(3)24(33)17(4)12-19(6)27(14)38-29(30)37/h8-10,12-14,16-18,24-25,27,33-34H,11H2,1-7H3,(H2,30,37)(H,31,36)/b9-8-,15-10+,19-12+/t14-,16-,17-,18-,24-,25?,27+/m0/s1. The first-order chi connectivity index (χ1) is 17.6. The lowest BCUT2D eigenvalue weighted by atomic mass is 9.79. The number of allylic oxidation sites excluding steroid dienone is 5. The number of carbonyl (C=O) groups is 4. The van der Waals surface area contributed by atoms with Crippen molar-refractivity contribution in [2.75, 3.05) is 0 Å². The maximum atomic E-state index is 13.2. The molecule has 208 valence electrons. The topological polar surface area (TPSA) is 156 Å². The number of carbonyl (C=O) groups excluding carboxylic acids is 4. The molecule has 0 fully saturated rings. The van der Waals surface area contributed by atoms with E-state index in [1.807, 2.05) is 26.8 Å². The number of hydrogen-bond acceptors (Lipinski definition) is 7. The fraction of sp³-hybridized carbons (Fsp3) is 0.517. The van der Waals surface area contributed by atoms with Crippen LogP contribution < -0.4 is 11.1 Å². The Bertz CT molecular complexity index is 1130. The van der Waals surface area contributed by atoms with Crippen molar-refractivity contribution in [1.29, 1.82) is 0 Å². The van der Waals surface area contributed by atoms with Gasteiger partial charge >= 0.3 is 6.09 Å². The van der Waals surface area contributed by atoms with Gasteiger partial charge in [-0.25, -0.2) is 4.79 Å². The lowest BCUT2D eigenvalue weighted by Crippen LogP contribution is -2.38. The van der Waals surface area contributed by atoms with Crippen LogP contribution in [0.5, 0.6) is 0 Å². The van der Waals surface area contributed by atoms with Crippen LogP contribution in [0, 0.1) is 23.7 Å². The van der Waals surface area contributed by atoms with Crippen LogP contribution in [0.2, 0.25) is 0 Å². The fourth-order valence-corrected chi connectivity index (χ4v) is 4.98. The summed E-state index contributed by atoms with van der Waals surface area (Å²) in [6.45, 7) is 12.1. The molecule has 7 atom stereocenters. The maximum Gasteiger partial charge on any atom is 0.405 e. The number of aliphatic hydroxyl groups excluding tert-OH is 2.